The molecule has 0 amide bonds. The molecule has 0 aromatic carbocycles. The Bertz CT molecular complexity index is 2070. The summed E-state index contributed by atoms with van der Waals surface area (Å²) in [6.45, 7) is 6.98. The first-order valence-corrected chi connectivity index (χ1v) is 16.5. The number of aromatic amines is 2. The number of carbonyl (C=O) groups excluding carboxylic acids is 6. The van der Waals surface area contributed by atoms with Crippen molar-refractivity contribution in [3.8, 4) is 0 Å². The molecule has 0 radical (unpaired) electrons. The minimum Gasteiger partial charge on any atom is -0.463 e. The number of anilines is 1. The first-order chi connectivity index (χ1) is 26.1. The molecule has 4 aromatic rings. The van der Waals surface area contributed by atoms with Gasteiger partial charge in [0.05, 0.1) is 17.6 Å². The predicted molar refractivity (Wildman–Crippen MR) is 178 cm³/mol. The van der Waals surface area contributed by atoms with Gasteiger partial charge in [-0.15, -0.1) is 0 Å². The van der Waals surface area contributed by atoms with Crippen LogP contribution in [0.3, 0.4) is 0 Å². The molecule has 2 aliphatic rings. The Hall–Kier alpha value is -6.36. The Kier molecular flexibility index (Phi) is 12.5. The van der Waals surface area contributed by atoms with Gasteiger partial charge in [0, 0.05) is 41.5 Å². The number of esters is 6. The smallest absolute Gasteiger partial charge is 0.303 e. The number of carbonyl (C=O) groups is 6. The van der Waals surface area contributed by atoms with Crippen LogP contribution in [0.4, 0.5) is 5.82 Å². The lowest BCUT2D eigenvalue weighted by Crippen LogP contribution is -2.40. The average molecular weight is 772 g/mol. The van der Waals surface area contributed by atoms with E-state index in [1.54, 1.807) is 0 Å². The molecule has 23 heteroatoms. The number of hydrogen-bond acceptors (Lipinski definition) is 21. The van der Waals surface area contributed by atoms with E-state index < -0.39 is 84.6 Å². The fraction of sp³-hybridized carbons (Fsp3) is 0.500. The number of rotatable bonds is 10. The molecular formula is C32H37N9O14. The molecule has 294 valence electrons. The van der Waals surface area contributed by atoms with Crippen LogP contribution in [0.5, 0.6) is 0 Å². The number of fused-ring (bicyclic) bond motifs is 2. The minimum absolute atomic E-state index is 0.155. The lowest BCUT2D eigenvalue weighted by atomic mass is 10.0. The van der Waals surface area contributed by atoms with Crippen LogP contribution in [0.15, 0.2) is 18.9 Å². The Morgan fingerprint density at radius 1 is 0.600 bits per heavy atom. The van der Waals surface area contributed by atoms with E-state index in [4.69, 9.17) is 43.6 Å². The van der Waals surface area contributed by atoms with Crippen LogP contribution in [-0.2, 0) is 66.7 Å². The monoisotopic (exact) mass is 771 g/mol. The van der Waals surface area contributed by atoms with Gasteiger partial charge in [-0.05, 0) is 0 Å². The number of nitrogens with one attached hydrogen (secondary N) is 2. The maximum atomic E-state index is 11.7. The molecule has 4 aromatic heterocycles. The number of nitrogens with zero attached hydrogens (tertiary/aromatic N) is 6. The summed E-state index contributed by atoms with van der Waals surface area (Å²) in [5, 5.41) is 13.7. The molecule has 2 saturated heterocycles. The van der Waals surface area contributed by atoms with Crippen molar-refractivity contribution in [2.75, 3.05) is 18.9 Å². The summed E-state index contributed by atoms with van der Waals surface area (Å²) in [4.78, 5) is 84.9. The molecule has 2 aliphatic heterocycles. The molecule has 8 atom stereocenters. The molecule has 0 unspecified atom stereocenters. The first kappa shape index (κ1) is 39.8. The number of hydrogen-bond donors (Lipinski definition) is 3. The Morgan fingerprint density at radius 3 is 1.55 bits per heavy atom. The number of nitrogen functional groups attached to an aromatic ring is 1. The maximum absolute atomic E-state index is 11.7. The lowest BCUT2D eigenvalue weighted by molar-refractivity contribution is -0.165. The van der Waals surface area contributed by atoms with Crippen molar-refractivity contribution in [3.05, 3.63) is 30.2 Å². The Balaban J connectivity index is 0.000000211. The van der Waals surface area contributed by atoms with Crippen molar-refractivity contribution in [3.63, 3.8) is 0 Å². The second kappa shape index (κ2) is 17.2. The molecule has 0 spiro atoms. The van der Waals surface area contributed by atoms with Crippen molar-refractivity contribution in [1.29, 1.82) is 0 Å². The van der Waals surface area contributed by atoms with Gasteiger partial charge in [-0.1, -0.05) is 0 Å². The van der Waals surface area contributed by atoms with Gasteiger partial charge in [-0.2, -0.15) is 10.2 Å². The van der Waals surface area contributed by atoms with Crippen molar-refractivity contribution >= 4 is 63.7 Å². The number of aromatic nitrogens is 8. The largest absolute Gasteiger partial charge is 0.463 e. The Labute approximate surface area is 310 Å². The third kappa shape index (κ3) is 9.42. The number of H-pyrrole nitrogens is 2. The third-order valence-electron chi connectivity index (χ3n) is 7.94. The summed E-state index contributed by atoms with van der Waals surface area (Å²) in [5.74, 6) is -3.30. The predicted octanol–water partition coefficient (Wildman–Crippen LogP) is 0.0208. The highest BCUT2D eigenvalue weighted by molar-refractivity contribution is 5.86. The zero-order valence-corrected chi connectivity index (χ0v) is 30.2. The lowest BCUT2D eigenvalue weighted by Gasteiger charge is -2.23. The van der Waals surface area contributed by atoms with Crippen LogP contribution >= 0.6 is 0 Å². The number of ether oxygens (including phenoxy) is 8. The molecule has 23 nitrogen and oxygen atoms in total. The fourth-order valence-electron chi connectivity index (χ4n) is 5.95. The second-order valence-electron chi connectivity index (χ2n) is 12.1. The van der Waals surface area contributed by atoms with Gasteiger partial charge < -0.3 is 43.6 Å². The highest BCUT2D eigenvalue weighted by Gasteiger charge is 2.52. The molecule has 2 fully saturated rings. The van der Waals surface area contributed by atoms with Crippen LogP contribution in [0.2, 0.25) is 0 Å². The average Bonchev–Trinajstić information content (AvgIpc) is 3.87. The van der Waals surface area contributed by atoms with E-state index in [1.807, 2.05) is 0 Å². The van der Waals surface area contributed by atoms with E-state index in [9.17, 15) is 28.8 Å². The Morgan fingerprint density at radius 2 is 1.05 bits per heavy atom. The molecule has 0 bridgehead atoms. The van der Waals surface area contributed by atoms with Crippen LogP contribution < -0.4 is 5.73 Å². The molecule has 0 aliphatic carbocycles. The quantitative estimate of drug-likeness (QED) is 0.141. The summed E-state index contributed by atoms with van der Waals surface area (Å²) in [5.41, 5.74) is 8.23. The van der Waals surface area contributed by atoms with Gasteiger partial charge in [-0.25, -0.2) is 19.9 Å². The van der Waals surface area contributed by atoms with Crippen LogP contribution in [0.1, 0.15) is 65.1 Å². The topological polar surface area (TPSA) is 311 Å². The van der Waals surface area contributed by atoms with Crippen LogP contribution in [0, 0.1) is 0 Å². The van der Waals surface area contributed by atoms with Crippen LogP contribution in [0.25, 0.3) is 22.1 Å². The fourth-order valence-corrected chi connectivity index (χ4v) is 5.95. The SMILES string of the molecule is CC(=O)OC[C@H]1O[C@@H](c2[nH]nc3c(N)ncnc23)[C@H](OC(C)=O)[C@@H]1OC(C)=O.CC(=O)OC[C@H]1O[C@@H](c2[nH]nc3cncnc23)[C@H](OC(C)=O)[C@@H]1OC(C)=O. The maximum Gasteiger partial charge on any atom is 0.303 e. The minimum atomic E-state index is -1.03. The first-order valence-electron chi connectivity index (χ1n) is 16.5. The van der Waals surface area contributed by atoms with Crippen molar-refractivity contribution in [2.45, 2.75) is 90.4 Å². The molecule has 55 heavy (non-hydrogen) atoms. The molecule has 6 rings (SSSR count). The van der Waals surface area contributed by atoms with E-state index in [-0.39, 0.29) is 19.0 Å². The second-order valence-corrected chi connectivity index (χ2v) is 12.1. The van der Waals surface area contributed by atoms with E-state index in [0.29, 0.717) is 33.5 Å². The summed E-state index contributed by atoms with van der Waals surface area (Å²) in [6.07, 6.45) is -3.38. The summed E-state index contributed by atoms with van der Waals surface area (Å²) >= 11 is 0. The van der Waals surface area contributed by atoms with E-state index >= 15 is 0 Å². The van der Waals surface area contributed by atoms with Crippen molar-refractivity contribution in [1.82, 2.24) is 40.3 Å². The zero-order valence-electron chi connectivity index (χ0n) is 30.2. The summed E-state index contributed by atoms with van der Waals surface area (Å²) in [7, 11) is 0. The van der Waals surface area contributed by atoms with Gasteiger partial charge in [0.2, 0.25) is 0 Å². The highest BCUT2D eigenvalue weighted by atomic mass is 16.7. The van der Waals surface area contributed by atoms with Gasteiger partial charge in [-0.3, -0.25) is 39.0 Å². The highest BCUT2D eigenvalue weighted by Crippen LogP contribution is 2.40. The van der Waals surface area contributed by atoms with E-state index in [2.05, 4.69) is 40.3 Å². The van der Waals surface area contributed by atoms with E-state index in [0.717, 1.165) is 0 Å². The molecule has 4 N–H and O–H groups in total. The standard InChI is InChI=1S/C16H19N5O7.C16H18N4O7/c1-6(22)25-4-9-13(26-7(2)23)15(27-8(3)24)14(28-9)11-10-12(21-20-11)16(17)19-5-18-10;1-7(21)24-5-11-14(25-8(2)22)16(26-9(3)23)15(27-11)13-12-10(19-20-13)4-17-6-18-12/h5,9,13-15H,4H2,1-3H3,(H,20,21)(H2,17,18,19);4,6,11,14-16H,5H2,1-3H3,(H,19,20)/t9-,13-,14+,15-;11-,14-,15+,16-/m11/s1. The van der Waals surface area contributed by atoms with Gasteiger partial charge >= 0.3 is 35.8 Å². The summed E-state index contributed by atoms with van der Waals surface area (Å²) in [6, 6.07) is 0. The third-order valence-corrected chi connectivity index (χ3v) is 7.94. The van der Waals surface area contributed by atoms with Crippen LogP contribution in [-0.4, -0.2) is 126 Å². The zero-order chi connectivity index (χ0) is 40.0. The molecule has 0 saturated carbocycles. The van der Waals surface area contributed by atoms with Crippen molar-refractivity contribution in [2.24, 2.45) is 0 Å². The van der Waals surface area contributed by atoms with Gasteiger partial charge in [0.1, 0.15) is 66.8 Å². The summed E-state index contributed by atoms with van der Waals surface area (Å²) < 4.78 is 43.2. The van der Waals surface area contributed by atoms with Crippen molar-refractivity contribution < 1.29 is 66.7 Å². The number of nitrogens with two attached hydrogens (primary N) is 1. The normalized spacial score (nSPS) is 24.3. The molecule has 6 heterocycles. The molecular weight excluding hydrogens is 734 g/mol. The van der Waals surface area contributed by atoms with Gasteiger partial charge in [0.25, 0.3) is 0 Å². The van der Waals surface area contributed by atoms with Gasteiger partial charge in [0.15, 0.2) is 35.8 Å². The van der Waals surface area contributed by atoms with E-state index in [1.165, 1.54) is 60.4 Å².